The van der Waals surface area contributed by atoms with E-state index in [0.717, 1.165) is 42.3 Å². The molecule has 5 heteroatoms. The first-order chi connectivity index (χ1) is 16.0. The third-order valence-corrected chi connectivity index (χ3v) is 7.45. The van der Waals surface area contributed by atoms with Crippen molar-refractivity contribution in [3.05, 3.63) is 71.3 Å². The molecule has 0 N–H and O–H groups in total. The van der Waals surface area contributed by atoms with Crippen LogP contribution in [0.1, 0.15) is 43.0 Å². The zero-order valence-corrected chi connectivity index (χ0v) is 21.1. The summed E-state index contributed by atoms with van der Waals surface area (Å²) in [6.45, 7) is 5.45. The van der Waals surface area contributed by atoms with Crippen molar-refractivity contribution in [3.63, 3.8) is 0 Å². The number of thiocarbonyl (C=S) groups is 1. The predicted molar refractivity (Wildman–Crippen MR) is 140 cm³/mol. The summed E-state index contributed by atoms with van der Waals surface area (Å²) in [6.07, 6.45) is 2.90. The van der Waals surface area contributed by atoms with Crippen molar-refractivity contribution in [2.24, 2.45) is 0 Å². The Kier molecular flexibility index (Phi) is 7.20. The van der Waals surface area contributed by atoms with E-state index >= 15 is 0 Å². The van der Waals surface area contributed by atoms with Gasteiger partial charge >= 0.3 is 0 Å². The van der Waals surface area contributed by atoms with Crippen LogP contribution in [0.4, 0.5) is 0 Å². The van der Waals surface area contributed by atoms with Crippen LogP contribution < -0.4 is 9.47 Å². The summed E-state index contributed by atoms with van der Waals surface area (Å²) in [7, 11) is 5.60. The molecule has 0 saturated carbocycles. The molecule has 3 aromatic rings. The maximum atomic E-state index is 6.00. The largest absolute Gasteiger partial charge is 0.493 e. The molecule has 0 aliphatic carbocycles. The van der Waals surface area contributed by atoms with Crippen molar-refractivity contribution in [2.45, 2.75) is 45.3 Å². The van der Waals surface area contributed by atoms with Crippen molar-refractivity contribution >= 4 is 28.0 Å². The zero-order valence-electron chi connectivity index (χ0n) is 20.3. The summed E-state index contributed by atoms with van der Waals surface area (Å²) < 4.78 is 11.1. The van der Waals surface area contributed by atoms with E-state index in [-0.39, 0.29) is 12.2 Å². The molecule has 33 heavy (non-hydrogen) atoms. The Hall–Kier alpha value is -2.63. The number of hydrogen-bond donors (Lipinski definition) is 0. The first kappa shape index (κ1) is 23.5. The monoisotopic (exact) mass is 462 g/mol. The smallest absolute Gasteiger partial charge is 0.161 e. The van der Waals surface area contributed by atoms with E-state index in [9.17, 15) is 0 Å². The molecule has 0 radical (unpaired) electrons. The molecule has 0 fully saturated rings. The minimum atomic E-state index is 0.226. The normalized spacial score (nSPS) is 15.8. The predicted octanol–water partition coefficient (Wildman–Crippen LogP) is 6.01. The standard InChI is InChI=1S/C28H34N2O2S/c1-6-27(29(3)19(2)23-13-9-11-20-10-7-8-12-24(20)23)30-15-14-21-16-25(31-4)26(32-5)17-22(21)18-28(30)33/h7-13,16-17,19,27H,6,14-15,18H2,1-5H3. The summed E-state index contributed by atoms with van der Waals surface area (Å²) in [6, 6.07) is 19.7. The SMILES string of the molecule is CCC(N1CCc2cc(OC)c(OC)cc2CC1=S)N(C)C(C)c1cccc2ccccc12. The van der Waals surface area contributed by atoms with Gasteiger partial charge in [0.1, 0.15) is 0 Å². The Morgan fingerprint density at radius 2 is 1.67 bits per heavy atom. The quantitative estimate of drug-likeness (QED) is 0.400. The number of benzene rings is 3. The Bertz CT molecular complexity index is 1140. The summed E-state index contributed by atoms with van der Waals surface area (Å²) in [5, 5.41) is 2.60. The molecule has 1 aliphatic heterocycles. The highest BCUT2D eigenvalue weighted by atomic mass is 32.1. The van der Waals surface area contributed by atoms with E-state index in [1.54, 1.807) is 14.2 Å². The molecular weight excluding hydrogens is 428 g/mol. The van der Waals surface area contributed by atoms with Crippen LogP contribution in [0.15, 0.2) is 54.6 Å². The second-order valence-electron chi connectivity index (χ2n) is 8.79. The molecule has 174 valence electrons. The molecule has 1 aliphatic rings. The fourth-order valence-corrected chi connectivity index (χ4v) is 5.49. The topological polar surface area (TPSA) is 24.9 Å². The molecular formula is C28H34N2O2S. The molecule has 2 atom stereocenters. The van der Waals surface area contributed by atoms with Crippen molar-refractivity contribution in [1.29, 1.82) is 0 Å². The average molecular weight is 463 g/mol. The highest BCUT2D eigenvalue weighted by Gasteiger charge is 2.30. The first-order valence-electron chi connectivity index (χ1n) is 11.7. The Morgan fingerprint density at radius 3 is 2.36 bits per heavy atom. The maximum Gasteiger partial charge on any atom is 0.161 e. The fraction of sp³-hybridized carbons (Fsp3) is 0.393. The fourth-order valence-electron chi connectivity index (χ4n) is 5.13. The van der Waals surface area contributed by atoms with Crippen molar-refractivity contribution in [1.82, 2.24) is 9.80 Å². The second-order valence-corrected chi connectivity index (χ2v) is 9.26. The van der Waals surface area contributed by atoms with Crippen LogP contribution >= 0.6 is 12.2 Å². The zero-order chi connectivity index (χ0) is 23.5. The number of methoxy groups -OCH3 is 2. The molecule has 0 amide bonds. The van der Waals surface area contributed by atoms with E-state index in [1.165, 1.54) is 27.5 Å². The van der Waals surface area contributed by atoms with Crippen molar-refractivity contribution < 1.29 is 9.47 Å². The van der Waals surface area contributed by atoms with E-state index in [2.05, 4.69) is 85.3 Å². The lowest BCUT2D eigenvalue weighted by atomic mass is 9.98. The summed E-state index contributed by atoms with van der Waals surface area (Å²) >= 11 is 6.00. The van der Waals surface area contributed by atoms with Gasteiger partial charge in [-0.15, -0.1) is 0 Å². The van der Waals surface area contributed by atoms with Crippen LogP contribution in [0, 0.1) is 0 Å². The molecule has 0 bridgehead atoms. The van der Waals surface area contributed by atoms with E-state index in [4.69, 9.17) is 21.7 Å². The van der Waals surface area contributed by atoms with Gasteiger partial charge in [0, 0.05) is 19.0 Å². The number of nitrogens with zero attached hydrogens (tertiary/aromatic N) is 2. The lowest BCUT2D eigenvalue weighted by Crippen LogP contribution is -2.50. The molecule has 4 rings (SSSR count). The number of fused-ring (bicyclic) bond motifs is 2. The molecule has 3 aromatic carbocycles. The van der Waals surface area contributed by atoms with E-state index in [1.807, 2.05) is 0 Å². The molecule has 1 heterocycles. The third-order valence-electron chi connectivity index (χ3n) is 7.07. The van der Waals surface area contributed by atoms with Crippen LogP contribution in [-0.4, -0.2) is 48.8 Å². The number of hydrogen-bond acceptors (Lipinski definition) is 4. The van der Waals surface area contributed by atoms with Crippen LogP contribution in [0.2, 0.25) is 0 Å². The van der Waals surface area contributed by atoms with Gasteiger partial charge in [0.2, 0.25) is 0 Å². The Morgan fingerprint density at radius 1 is 1.00 bits per heavy atom. The number of rotatable bonds is 7. The van der Waals surface area contributed by atoms with Gasteiger partial charge in [0.15, 0.2) is 11.5 Å². The van der Waals surface area contributed by atoms with Gasteiger partial charge in [0.05, 0.1) is 25.4 Å². The first-order valence-corrected chi connectivity index (χ1v) is 12.1. The van der Waals surface area contributed by atoms with Crippen LogP contribution in [0.3, 0.4) is 0 Å². The maximum absolute atomic E-state index is 6.00. The molecule has 2 unspecified atom stereocenters. The highest BCUT2D eigenvalue weighted by Crippen LogP contribution is 2.34. The minimum Gasteiger partial charge on any atom is -0.493 e. The van der Waals surface area contributed by atoms with Gasteiger partial charge in [-0.25, -0.2) is 0 Å². The number of ether oxygens (including phenoxy) is 2. The summed E-state index contributed by atoms with van der Waals surface area (Å²) in [4.78, 5) is 5.89. The van der Waals surface area contributed by atoms with Crippen LogP contribution in [0.5, 0.6) is 11.5 Å². The van der Waals surface area contributed by atoms with Gasteiger partial charge in [-0.1, -0.05) is 61.6 Å². The van der Waals surface area contributed by atoms with Crippen LogP contribution in [-0.2, 0) is 12.8 Å². The van der Waals surface area contributed by atoms with Gasteiger partial charge in [-0.3, -0.25) is 4.90 Å². The lowest BCUT2D eigenvalue weighted by molar-refractivity contribution is 0.0816. The average Bonchev–Trinajstić information content (AvgIpc) is 3.00. The van der Waals surface area contributed by atoms with Gasteiger partial charge in [-0.05, 0) is 66.4 Å². The van der Waals surface area contributed by atoms with Gasteiger partial charge < -0.3 is 14.4 Å². The van der Waals surface area contributed by atoms with Crippen LogP contribution in [0.25, 0.3) is 10.8 Å². The van der Waals surface area contributed by atoms with E-state index < -0.39 is 0 Å². The molecule has 0 spiro atoms. The van der Waals surface area contributed by atoms with Crippen molar-refractivity contribution in [3.8, 4) is 11.5 Å². The van der Waals surface area contributed by atoms with Crippen molar-refractivity contribution in [2.75, 3.05) is 27.8 Å². The Labute approximate surface area is 203 Å². The summed E-state index contributed by atoms with van der Waals surface area (Å²) in [5.41, 5.74) is 3.88. The molecule has 4 nitrogen and oxygen atoms in total. The Balaban J connectivity index is 1.61. The second kappa shape index (κ2) is 10.1. The third kappa shape index (κ3) is 4.57. The summed E-state index contributed by atoms with van der Waals surface area (Å²) in [5.74, 6) is 1.55. The highest BCUT2D eigenvalue weighted by molar-refractivity contribution is 7.80. The minimum absolute atomic E-state index is 0.226. The van der Waals surface area contributed by atoms with Gasteiger partial charge in [-0.2, -0.15) is 0 Å². The molecule has 0 aromatic heterocycles. The molecule has 0 saturated heterocycles. The van der Waals surface area contributed by atoms with E-state index in [0.29, 0.717) is 0 Å². The van der Waals surface area contributed by atoms with Gasteiger partial charge in [0.25, 0.3) is 0 Å². The lowest BCUT2D eigenvalue weighted by Gasteiger charge is -2.41.